The number of rotatable bonds is 5. The Morgan fingerprint density at radius 3 is 2.08 bits per heavy atom. The molecule has 1 amide bonds. The summed E-state index contributed by atoms with van der Waals surface area (Å²) in [6.07, 6.45) is 0. The summed E-state index contributed by atoms with van der Waals surface area (Å²) in [6.45, 7) is 5.93. The molecule has 1 N–H and O–H groups in total. The van der Waals surface area contributed by atoms with Crippen molar-refractivity contribution in [2.24, 2.45) is 0 Å². The van der Waals surface area contributed by atoms with E-state index in [9.17, 15) is 17.6 Å². The zero-order valence-electron chi connectivity index (χ0n) is 15.3. The zero-order chi connectivity index (χ0) is 19.5. The van der Waals surface area contributed by atoms with Crippen LogP contribution in [0, 0.1) is 5.82 Å². The van der Waals surface area contributed by atoms with Crippen molar-refractivity contribution in [3.8, 4) is 0 Å². The predicted molar refractivity (Wildman–Crippen MR) is 100.0 cm³/mol. The topological polar surface area (TPSA) is 66.5 Å². The zero-order valence-corrected chi connectivity index (χ0v) is 16.1. The van der Waals surface area contributed by atoms with Crippen LogP contribution in [-0.2, 0) is 20.2 Å². The molecule has 0 unspecified atom stereocenters. The minimum absolute atomic E-state index is 0.00595. The smallest absolute Gasteiger partial charge is 0.243 e. The van der Waals surface area contributed by atoms with Crippen LogP contribution in [0.4, 0.5) is 10.1 Å². The van der Waals surface area contributed by atoms with Crippen molar-refractivity contribution < 1.29 is 17.6 Å². The maximum absolute atomic E-state index is 13.0. The number of carbonyl (C=O) groups excluding carboxylic acids is 1. The molecule has 5 nitrogen and oxygen atoms in total. The molecule has 0 aliphatic carbocycles. The summed E-state index contributed by atoms with van der Waals surface area (Å²) in [5, 5.41) is 2.68. The van der Waals surface area contributed by atoms with Gasteiger partial charge in [-0.3, -0.25) is 4.79 Å². The van der Waals surface area contributed by atoms with Crippen molar-refractivity contribution in [2.75, 3.05) is 18.9 Å². The summed E-state index contributed by atoms with van der Waals surface area (Å²) < 4.78 is 38.7. The average molecular weight is 378 g/mol. The molecule has 2 aromatic carbocycles. The quantitative estimate of drug-likeness (QED) is 0.867. The molecule has 140 valence electrons. The highest BCUT2D eigenvalue weighted by molar-refractivity contribution is 7.89. The van der Waals surface area contributed by atoms with Crippen LogP contribution in [0.25, 0.3) is 0 Å². The molecule has 2 rings (SSSR count). The molecule has 0 saturated heterocycles. The van der Waals surface area contributed by atoms with Crippen molar-refractivity contribution in [2.45, 2.75) is 31.1 Å². The van der Waals surface area contributed by atoms with Crippen molar-refractivity contribution in [3.63, 3.8) is 0 Å². The first-order chi connectivity index (χ1) is 12.0. The minimum atomic E-state index is -3.86. The summed E-state index contributed by atoms with van der Waals surface area (Å²) in [7, 11) is -2.56. The highest BCUT2D eigenvalue weighted by Gasteiger charge is 2.23. The third-order valence-corrected chi connectivity index (χ3v) is 5.74. The number of likely N-dealkylation sites (N-methyl/N-ethyl adjacent to an activating group) is 1. The summed E-state index contributed by atoms with van der Waals surface area (Å²) in [6, 6.07) is 11.9. The molecule has 0 aliphatic rings. The molecule has 26 heavy (non-hydrogen) atoms. The van der Waals surface area contributed by atoms with Crippen molar-refractivity contribution >= 4 is 21.6 Å². The molecule has 0 bridgehead atoms. The Hall–Kier alpha value is -2.25. The van der Waals surface area contributed by atoms with Crippen molar-refractivity contribution in [3.05, 3.63) is 59.9 Å². The molecular weight excluding hydrogens is 355 g/mol. The van der Waals surface area contributed by atoms with E-state index in [0.29, 0.717) is 5.69 Å². The van der Waals surface area contributed by atoms with Gasteiger partial charge >= 0.3 is 0 Å². The lowest BCUT2D eigenvalue weighted by Crippen LogP contribution is -2.35. The van der Waals surface area contributed by atoms with Crippen LogP contribution in [0.5, 0.6) is 0 Å². The summed E-state index contributed by atoms with van der Waals surface area (Å²) in [5.74, 6) is -0.982. The summed E-state index contributed by atoms with van der Waals surface area (Å²) >= 11 is 0. The number of amides is 1. The van der Waals surface area contributed by atoms with Gasteiger partial charge in [0, 0.05) is 12.7 Å². The van der Waals surface area contributed by atoms with Crippen LogP contribution in [0.1, 0.15) is 26.3 Å². The Morgan fingerprint density at radius 2 is 1.58 bits per heavy atom. The number of nitrogens with one attached hydrogen (secondary N) is 1. The van der Waals surface area contributed by atoms with E-state index in [1.165, 1.54) is 19.2 Å². The van der Waals surface area contributed by atoms with Gasteiger partial charge in [-0.2, -0.15) is 4.31 Å². The molecule has 0 aliphatic heterocycles. The van der Waals surface area contributed by atoms with Crippen molar-refractivity contribution in [1.29, 1.82) is 0 Å². The van der Waals surface area contributed by atoms with E-state index in [1.807, 2.05) is 12.1 Å². The first-order valence-electron chi connectivity index (χ1n) is 8.12. The molecule has 0 aromatic heterocycles. The first-order valence-corrected chi connectivity index (χ1v) is 9.56. The fourth-order valence-electron chi connectivity index (χ4n) is 2.33. The van der Waals surface area contributed by atoms with E-state index in [-0.39, 0.29) is 16.9 Å². The van der Waals surface area contributed by atoms with Gasteiger partial charge in [-0.05, 0) is 47.4 Å². The molecular formula is C19H23FN2O3S. The molecule has 0 atom stereocenters. The Labute approximate surface area is 153 Å². The second-order valence-corrected chi connectivity index (χ2v) is 9.14. The Balaban J connectivity index is 2.03. The van der Waals surface area contributed by atoms with Gasteiger partial charge < -0.3 is 5.32 Å². The average Bonchev–Trinajstić information content (AvgIpc) is 2.54. The van der Waals surface area contributed by atoms with Crippen LogP contribution >= 0.6 is 0 Å². The van der Waals surface area contributed by atoms with Gasteiger partial charge in [0.1, 0.15) is 5.82 Å². The number of nitrogens with zero attached hydrogens (tertiary/aromatic N) is 1. The fourth-order valence-corrected chi connectivity index (χ4v) is 3.45. The lowest BCUT2D eigenvalue weighted by Gasteiger charge is -2.20. The van der Waals surface area contributed by atoms with E-state index >= 15 is 0 Å². The second kappa shape index (κ2) is 7.55. The lowest BCUT2D eigenvalue weighted by atomic mass is 9.87. The summed E-state index contributed by atoms with van der Waals surface area (Å²) in [5.41, 5.74) is 1.73. The Kier molecular flexibility index (Phi) is 5.83. The lowest BCUT2D eigenvalue weighted by molar-refractivity contribution is -0.116. The largest absolute Gasteiger partial charge is 0.325 e. The number of carbonyl (C=O) groups is 1. The van der Waals surface area contributed by atoms with Gasteiger partial charge in [0.15, 0.2) is 0 Å². The highest BCUT2D eigenvalue weighted by atomic mass is 32.2. The number of benzene rings is 2. The molecule has 0 saturated carbocycles. The van der Waals surface area contributed by atoms with Crippen LogP contribution < -0.4 is 5.32 Å². The van der Waals surface area contributed by atoms with Gasteiger partial charge in [-0.15, -0.1) is 0 Å². The van der Waals surface area contributed by atoms with E-state index in [4.69, 9.17) is 0 Å². The molecule has 0 fully saturated rings. The van der Waals surface area contributed by atoms with Crippen LogP contribution in [0.15, 0.2) is 53.4 Å². The molecule has 7 heteroatoms. The SMILES string of the molecule is CN(CC(=O)Nc1ccc(C(C)(C)C)cc1)S(=O)(=O)c1ccc(F)cc1. The maximum Gasteiger partial charge on any atom is 0.243 e. The van der Waals surface area contributed by atoms with Gasteiger partial charge in [0.05, 0.1) is 11.4 Å². The molecule has 0 radical (unpaired) electrons. The number of halogens is 1. The second-order valence-electron chi connectivity index (χ2n) is 7.09. The predicted octanol–water partition coefficient (Wildman–Crippen LogP) is 3.38. The molecule has 0 heterocycles. The Bertz CT molecular complexity index is 870. The van der Waals surface area contributed by atoms with Crippen molar-refractivity contribution in [1.82, 2.24) is 4.31 Å². The van der Waals surface area contributed by atoms with Crippen LogP contribution in [0.2, 0.25) is 0 Å². The third kappa shape index (κ3) is 4.89. The normalized spacial score (nSPS) is 12.2. The summed E-state index contributed by atoms with van der Waals surface area (Å²) in [4.78, 5) is 12.1. The highest BCUT2D eigenvalue weighted by Crippen LogP contribution is 2.23. The van der Waals surface area contributed by atoms with Gasteiger partial charge in [-0.25, -0.2) is 12.8 Å². The van der Waals surface area contributed by atoms with Gasteiger partial charge in [0.2, 0.25) is 15.9 Å². The van der Waals surface area contributed by atoms with Gasteiger partial charge in [-0.1, -0.05) is 32.9 Å². The standard InChI is InChI=1S/C19H23FN2O3S/c1-19(2,3)14-5-9-16(10-6-14)21-18(23)13-22(4)26(24,25)17-11-7-15(20)8-12-17/h5-12H,13H2,1-4H3,(H,21,23). The number of sulfonamides is 1. The monoisotopic (exact) mass is 378 g/mol. The fraction of sp³-hybridized carbons (Fsp3) is 0.316. The van der Waals surface area contributed by atoms with E-state index in [0.717, 1.165) is 22.0 Å². The first kappa shape index (κ1) is 20.1. The Morgan fingerprint density at radius 1 is 1.04 bits per heavy atom. The maximum atomic E-state index is 13.0. The number of hydrogen-bond acceptors (Lipinski definition) is 3. The number of hydrogen-bond donors (Lipinski definition) is 1. The van der Waals surface area contributed by atoms with Crippen LogP contribution in [-0.4, -0.2) is 32.2 Å². The van der Waals surface area contributed by atoms with E-state index in [1.54, 1.807) is 12.1 Å². The molecule has 0 spiro atoms. The minimum Gasteiger partial charge on any atom is -0.325 e. The van der Waals surface area contributed by atoms with Crippen LogP contribution in [0.3, 0.4) is 0 Å². The van der Waals surface area contributed by atoms with E-state index < -0.39 is 21.7 Å². The van der Waals surface area contributed by atoms with E-state index in [2.05, 4.69) is 26.1 Å². The van der Waals surface area contributed by atoms with Gasteiger partial charge in [0.25, 0.3) is 0 Å². The third-order valence-electron chi connectivity index (χ3n) is 3.92. The number of anilines is 1. The molecule has 2 aromatic rings.